The first-order chi connectivity index (χ1) is 12.2. The number of ether oxygens (including phenoxy) is 2. The molecule has 25 heavy (non-hydrogen) atoms. The van der Waals surface area contributed by atoms with Crippen LogP contribution in [0, 0.1) is 0 Å². The molecule has 1 aliphatic heterocycles. The highest BCUT2D eigenvalue weighted by Crippen LogP contribution is 2.34. The fourth-order valence-corrected chi connectivity index (χ4v) is 3.91. The van der Waals surface area contributed by atoms with E-state index in [9.17, 15) is 4.79 Å². The molecule has 0 spiro atoms. The number of carbonyl (C=O) groups is 1. The van der Waals surface area contributed by atoms with Crippen LogP contribution < -0.4 is 10.1 Å². The number of nitrogens with zero attached hydrogens (tertiary/aromatic N) is 2. The van der Waals surface area contributed by atoms with Crippen molar-refractivity contribution < 1.29 is 14.3 Å². The van der Waals surface area contributed by atoms with Gasteiger partial charge in [-0.1, -0.05) is 19.3 Å². The Morgan fingerprint density at radius 1 is 1.36 bits per heavy atom. The van der Waals surface area contributed by atoms with Crippen LogP contribution in [0.1, 0.15) is 39.0 Å². The number of nitrogens with one attached hydrogen (secondary N) is 1. The van der Waals surface area contributed by atoms with E-state index < -0.39 is 0 Å². The summed E-state index contributed by atoms with van der Waals surface area (Å²) < 4.78 is 11.3. The van der Waals surface area contributed by atoms with Gasteiger partial charge in [-0.2, -0.15) is 0 Å². The summed E-state index contributed by atoms with van der Waals surface area (Å²) in [5.41, 5.74) is -0.365. The summed E-state index contributed by atoms with van der Waals surface area (Å²) in [4.78, 5) is 19.5. The Morgan fingerprint density at radius 2 is 2.12 bits per heavy atom. The van der Waals surface area contributed by atoms with E-state index in [0.717, 1.165) is 57.7 Å². The van der Waals surface area contributed by atoms with Crippen LogP contribution in [0.2, 0.25) is 0 Å². The van der Waals surface area contributed by atoms with Gasteiger partial charge in [0.1, 0.15) is 17.4 Å². The van der Waals surface area contributed by atoms with Crippen LogP contribution >= 0.6 is 0 Å². The van der Waals surface area contributed by atoms with Crippen LogP contribution in [0.15, 0.2) is 24.5 Å². The van der Waals surface area contributed by atoms with Crippen molar-refractivity contribution in [2.75, 3.05) is 32.8 Å². The van der Waals surface area contributed by atoms with Gasteiger partial charge in [-0.3, -0.25) is 14.7 Å². The molecule has 6 heteroatoms. The second-order valence-corrected chi connectivity index (χ2v) is 7.02. The van der Waals surface area contributed by atoms with Gasteiger partial charge < -0.3 is 14.8 Å². The topological polar surface area (TPSA) is 63.7 Å². The molecule has 2 heterocycles. The van der Waals surface area contributed by atoms with E-state index in [-0.39, 0.29) is 17.6 Å². The number of amides is 1. The van der Waals surface area contributed by atoms with Crippen molar-refractivity contribution in [3.05, 3.63) is 24.5 Å². The third-order valence-electron chi connectivity index (χ3n) is 5.24. The molecule has 1 N–H and O–H groups in total. The van der Waals surface area contributed by atoms with Gasteiger partial charge in [0.2, 0.25) is 5.91 Å². The Hall–Kier alpha value is -1.66. The fraction of sp³-hybridized carbons (Fsp3) is 0.684. The first kappa shape index (κ1) is 18.1. The summed E-state index contributed by atoms with van der Waals surface area (Å²) in [6.45, 7) is 5.59. The maximum Gasteiger partial charge on any atom is 0.240 e. The lowest BCUT2D eigenvalue weighted by atomic mass is 9.79. The molecule has 0 radical (unpaired) electrons. The van der Waals surface area contributed by atoms with Crippen LogP contribution in [0.4, 0.5) is 0 Å². The van der Waals surface area contributed by atoms with Gasteiger partial charge in [-0.05, 0) is 31.9 Å². The molecule has 1 amide bonds. The smallest absolute Gasteiger partial charge is 0.240 e. The average molecular weight is 347 g/mol. The normalized spacial score (nSPS) is 22.1. The van der Waals surface area contributed by atoms with Crippen LogP contribution in [0.5, 0.6) is 5.75 Å². The highest BCUT2D eigenvalue weighted by molar-refractivity contribution is 5.86. The zero-order chi connectivity index (χ0) is 17.5. The summed E-state index contributed by atoms with van der Waals surface area (Å²) >= 11 is 0. The number of hydrogen-bond acceptors (Lipinski definition) is 5. The minimum absolute atomic E-state index is 0.0986. The Balaban J connectivity index is 1.58. The Bertz CT molecular complexity index is 540. The Labute approximate surface area is 149 Å². The molecule has 1 saturated heterocycles. The first-order valence-corrected chi connectivity index (χ1v) is 9.38. The minimum atomic E-state index is -0.365. The Kier molecular flexibility index (Phi) is 6.26. The van der Waals surface area contributed by atoms with E-state index in [4.69, 9.17) is 9.47 Å². The third kappa shape index (κ3) is 4.50. The SMILES string of the molecule is C[C@@H](CNC(=O)C1(N2CCOCC2)CCCCC1)Oc1cccnc1. The lowest BCUT2D eigenvalue weighted by Gasteiger charge is -2.46. The van der Waals surface area contributed by atoms with E-state index in [0.29, 0.717) is 6.54 Å². The predicted molar refractivity (Wildman–Crippen MR) is 95.5 cm³/mol. The molecule has 1 atom stereocenters. The van der Waals surface area contributed by atoms with E-state index >= 15 is 0 Å². The second kappa shape index (κ2) is 8.63. The van der Waals surface area contributed by atoms with Crippen molar-refractivity contribution in [1.82, 2.24) is 15.2 Å². The molecule has 1 aromatic rings. The molecule has 0 aromatic carbocycles. The van der Waals surface area contributed by atoms with Crippen molar-refractivity contribution in [2.45, 2.75) is 50.7 Å². The molecule has 3 rings (SSSR count). The van der Waals surface area contributed by atoms with Gasteiger partial charge in [0, 0.05) is 19.3 Å². The highest BCUT2D eigenvalue weighted by Gasteiger charge is 2.44. The minimum Gasteiger partial charge on any atom is -0.487 e. The number of carbonyl (C=O) groups excluding carboxylic acids is 1. The number of hydrogen-bond donors (Lipinski definition) is 1. The molecule has 6 nitrogen and oxygen atoms in total. The van der Waals surface area contributed by atoms with E-state index in [1.165, 1.54) is 6.42 Å². The van der Waals surface area contributed by atoms with Gasteiger partial charge in [0.05, 0.1) is 26.0 Å². The van der Waals surface area contributed by atoms with Gasteiger partial charge in [-0.15, -0.1) is 0 Å². The van der Waals surface area contributed by atoms with Crippen molar-refractivity contribution in [2.24, 2.45) is 0 Å². The molecule has 0 unspecified atom stereocenters. The highest BCUT2D eigenvalue weighted by atomic mass is 16.5. The van der Waals surface area contributed by atoms with Gasteiger partial charge in [-0.25, -0.2) is 0 Å². The van der Waals surface area contributed by atoms with E-state index in [1.807, 2.05) is 19.1 Å². The molecule has 0 bridgehead atoms. The van der Waals surface area contributed by atoms with Crippen molar-refractivity contribution >= 4 is 5.91 Å². The monoisotopic (exact) mass is 347 g/mol. The first-order valence-electron chi connectivity index (χ1n) is 9.38. The number of aromatic nitrogens is 1. The third-order valence-corrected chi connectivity index (χ3v) is 5.24. The van der Waals surface area contributed by atoms with Crippen LogP contribution in [0.25, 0.3) is 0 Å². The van der Waals surface area contributed by atoms with Crippen LogP contribution in [-0.2, 0) is 9.53 Å². The van der Waals surface area contributed by atoms with E-state index in [2.05, 4.69) is 15.2 Å². The molecule has 1 saturated carbocycles. The van der Waals surface area contributed by atoms with Gasteiger partial charge in [0.15, 0.2) is 0 Å². The zero-order valence-electron chi connectivity index (χ0n) is 15.1. The maximum atomic E-state index is 13.1. The maximum absolute atomic E-state index is 13.1. The Morgan fingerprint density at radius 3 is 2.80 bits per heavy atom. The summed E-state index contributed by atoms with van der Waals surface area (Å²) in [6, 6.07) is 3.72. The molecule has 1 aromatic heterocycles. The predicted octanol–water partition coefficient (Wildman–Crippen LogP) is 2.00. The molecule has 1 aliphatic carbocycles. The molecule has 2 fully saturated rings. The molecule has 138 valence electrons. The number of pyridine rings is 1. The van der Waals surface area contributed by atoms with Gasteiger partial charge >= 0.3 is 0 Å². The van der Waals surface area contributed by atoms with Gasteiger partial charge in [0.25, 0.3) is 0 Å². The van der Waals surface area contributed by atoms with Crippen molar-refractivity contribution in [3.8, 4) is 5.75 Å². The number of morpholine rings is 1. The van der Waals surface area contributed by atoms with Crippen molar-refractivity contribution in [1.29, 1.82) is 0 Å². The quantitative estimate of drug-likeness (QED) is 0.853. The lowest BCUT2D eigenvalue weighted by Crippen LogP contribution is -2.62. The van der Waals surface area contributed by atoms with Crippen LogP contribution in [-0.4, -0.2) is 60.3 Å². The average Bonchev–Trinajstić information content (AvgIpc) is 2.68. The lowest BCUT2D eigenvalue weighted by molar-refractivity contribution is -0.140. The number of rotatable bonds is 6. The fourth-order valence-electron chi connectivity index (χ4n) is 3.91. The van der Waals surface area contributed by atoms with E-state index in [1.54, 1.807) is 12.4 Å². The standard InChI is InChI=1S/C19H29N3O3/c1-16(25-17-6-5-9-20-15-17)14-21-18(23)19(7-3-2-4-8-19)22-10-12-24-13-11-22/h5-6,9,15-16H,2-4,7-8,10-14H2,1H3,(H,21,23)/t16-/m0/s1. The summed E-state index contributed by atoms with van der Waals surface area (Å²) in [5, 5.41) is 3.14. The zero-order valence-corrected chi connectivity index (χ0v) is 15.1. The summed E-state index contributed by atoms with van der Waals surface area (Å²) in [7, 11) is 0. The summed E-state index contributed by atoms with van der Waals surface area (Å²) in [6.07, 6.45) is 8.65. The summed E-state index contributed by atoms with van der Waals surface area (Å²) in [5.74, 6) is 0.876. The largest absolute Gasteiger partial charge is 0.487 e. The van der Waals surface area contributed by atoms with Crippen LogP contribution in [0.3, 0.4) is 0 Å². The van der Waals surface area contributed by atoms with Crippen molar-refractivity contribution in [3.63, 3.8) is 0 Å². The molecular weight excluding hydrogens is 318 g/mol. The second-order valence-electron chi connectivity index (χ2n) is 7.02. The molecule has 2 aliphatic rings. The molecular formula is C19H29N3O3.